The van der Waals surface area contributed by atoms with E-state index in [-0.39, 0.29) is 5.91 Å². The van der Waals surface area contributed by atoms with Crippen molar-refractivity contribution in [2.45, 2.75) is 40.0 Å². The topological polar surface area (TPSA) is 69.0 Å². The molecule has 0 spiro atoms. The number of amides is 1. The third-order valence-corrected chi connectivity index (χ3v) is 3.50. The maximum Gasteiger partial charge on any atom is 0.261 e. The first-order chi connectivity index (χ1) is 10.5. The Kier molecular flexibility index (Phi) is 5.38. The summed E-state index contributed by atoms with van der Waals surface area (Å²) in [5.74, 6) is 1.15. The second-order valence-corrected chi connectivity index (χ2v) is 5.36. The Bertz CT molecular complexity index is 657. The Balaban J connectivity index is 1.92. The first-order valence-electron chi connectivity index (χ1n) is 7.08. The Morgan fingerprint density at radius 1 is 1.50 bits per heavy atom. The van der Waals surface area contributed by atoms with Crippen molar-refractivity contribution in [3.63, 3.8) is 0 Å². The first-order valence-corrected chi connectivity index (χ1v) is 7.46. The van der Waals surface area contributed by atoms with E-state index in [1.807, 2.05) is 18.4 Å². The minimum atomic E-state index is -0.613. The lowest BCUT2D eigenvalue weighted by atomic mass is 10.2. The van der Waals surface area contributed by atoms with Crippen molar-refractivity contribution in [2.75, 3.05) is 0 Å². The molecule has 0 aliphatic carbocycles. The van der Waals surface area contributed by atoms with Gasteiger partial charge in [0.05, 0.1) is 6.54 Å². The molecule has 1 aromatic heterocycles. The van der Waals surface area contributed by atoms with Crippen molar-refractivity contribution in [1.29, 1.82) is 0 Å². The standard InChI is InChI=1S/C15H19ClN4O2/c1-4-20-9-18-19-14(20)8-17-15(21)11(3)22-13-6-5-12(16)7-10(13)2/h5-7,9,11H,4,8H2,1-3H3,(H,17,21). The van der Waals surface area contributed by atoms with Crippen LogP contribution in [0.5, 0.6) is 5.75 Å². The van der Waals surface area contributed by atoms with Crippen molar-refractivity contribution in [2.24, 2.45) is 0 Å². The largest absolute Gasteiger partial charge is 0.481 e. The third-order valence-electron chi connectivity index (χ3n) is 3.27. The molecule has 22 heavy (non-hydrogen) atoms. The number of nitrogens with zero attached hydrogens (tertiary/aromatic N) is 3. The number of carbonyl (C=O) groups is 1. The minimum Gasteiger partial charge on any atom is -0.481 e. The van der Waals surface area contributed by atoms with Gasteiger partial charge in [0, 0.05) is 11.6 Å². The number of hydrogen-bond acceptors (Lipinski definition) is 4. The van der Waals surface area contributed by atoms with Gasteiger partial charge in [0.1, 0.15) is 12.1 Å². The van der Waals surface area contributed by atoms with Crippen LogP contribution in [0.3, 0.4) is 0 Å². The molecular weight excluding hydrogens is 304 g/mol. The van der Waals surface area contributed by atoms with E-state index < -0.39 is 6.10 Å². The van der Waals surface area contributed by atoms with Gasteiger partial charge in [-0.15, -0.1) is 10.2 Å². The van der Waals surface area contributed by atoms with Crippen LogP contribution in [0.25, 0.3) is 0 Å². The zero-order chi connectivity index (χ0) is 16.1. The summed E-state index contributed by atoms with van der Waals surface area (Å²) in [6, 6.07) is 5.29. The fourth-order valence-electron chi connectivity index (χ4n) is 1.98. The van der Waals surface area contributed by atoms with Gasteiger partial charge in [0.2, 0.25) is 0 Å². The molecule has 0 saturated carbocycles. The van der Waals surface area contributed by atoms with Gasteiger partial charge in [-0.1, -0.05) is 11.6 Å². The van der Waals surface area contributed by atoms with Crippen LogP contribution in [0.2, 0.25) is 5.02 Å². The maximum absolute atomic E-state index is 12.1. The highest BCUT2D eigenvalue weighted by Gasteiger charge is 2.16. The molecule has 0 bridgehead atoms. The van der Waals surface area contributed by atoms with E-state index in [1.54, 1.807) is 31.5 Å². The Hall–Kier alpha value is -2.08. The first kappa shape index (κ1) is 16.3. The van der Waals surface area contributed by atoms with Crippen LogP contribution in [-0.4, -0.2) is 26.8 Å². The smallest absolute Gasteiger partial charge is 0.261 e. The molecule has 2 aromatic rings. The molecule has 1 aromatic carbocycles. The van der Waals surface area contributed by atoms with Crippen molar-refractivity contribution in [3.05, 3.63) is 40.9 Å². The summed E-state index contributed by atoms with van der Waals surface area (Å²) >= 11 is 5.90. The lowest BCUT2D eigenvalue weighted by molar-refractivity contribution is -0.127. The lowest BCUT2D eigenvalue weighted by Gasteiger charge is -2.16. The highest BCUT2D eigenvalue weighted by atomic mass is 35.5. The summed E-state index contributed by atoms with van der Waals surface area (Å²) in [5, 5.41) is 11.2. The van der Waals surface area contributed by atoms with Crippen molar-refractivity contribution in [1.82, 2.24) is 20.1 Å². The lowest BCUT2D eigenvalue weighted by Crippen LogP contribution is -2.36. The monoisotopic (exact) mass is 322 g/mol. The molecule has 1 unspecified atom stereocenters. The minimum absolute atomic E-state index is 0.208. The van der Waals surface area contributed by atoms with E-state index in [4.69, 9.17) is 16.3 Å². The Labute approximate surface area is 134 Å². The van der Waals surface area contributed by atoms with Crippen molar-refractivity contribution < 1.29 is 9.53 Å². The molecule has 0 aliphatic rings. The van der Waals surface area contributed by atoms with E-state index in [2.05, 4.69) is 15.5 Å². The number of aromatic nitrogens is 3. The molecule has 7 heteroatoms. The molecule has 2 rings (SSSR count). The SMILES string of the molecule is CCn1cnnc1CNC(=O)C(C)Oc1ccc(Cl)cc1C. The summed E-state index contributed by atoms with van der Waals surface area (Å²) < 4.78 is 7.55. The zero-order valence-corrected chi connectivity index (χ0v) is 13.6. The van der Waals surface area contributed by atoms with Gasteiger partial charge in [0.25, 0.3) is 5.91 Å². The summed E-state index contributed by atoms with van der Waals surface area (Å²) in [4.78, 5) is 12.1. The normalized spacial score (nSPS) is 12.0. The fraction of sp³-hybridized carbons (Fsp3) is 0.400. The molecule has 1 amide bonds. The number of nitrogens with one attached hydrogen (secondary N) is 1. The number of hydrogen-bond donors (Lipinski definition) is 1. The van der Waals surface area contributed by atoms with E-state index in [0.717, 1.165) is 12.1 Å². The average molecular weight is 323 g/mol. The number of aryl methyl sites for hydroxylation is 2. The molecule has 0 radical (unpaired) electrons. The van der Waals surface area contributed by atoms with E-state index in [9.17, 15) is 4.79 Å². The molecule has 0 aliphatic heterocycles. The van der Waals surface area contributed by atoms with Gasteiger partial charge >= 0.3 is 0 Å². The van der Waals surface area contributed by atoms with E-state index in [0.29, 0.717) is 23.1 Å². The third kappa shape index (κ3) is 3.98. The van der Waals surface area contributed by atoms with Crippen LogP contribution in [-0.2, 0) is 17.9 Å². The molecule has 0 fully saturated rings. The summed E-state index contributed by atoms with van der Waals surface area (Å²) in [6.45, 7) is 6.65. The summed E-state index contributed by atoms with van der Waals surface area (Å²) in [5.41, 5.74) is 0.887. The fourth-order valence-corrected chi connectivity index (χ4v) is 2.21. The highest BCUT2D eigenvalue weighted by Crippen LogP contribution is 2.22. The number of carbonyl (C=O) groups excluding carboxylic acids is 1. The van der Waals surface area contributed by atoms with Gasteiger partial charge in [-0.05, 0) is 44.5 Å². The van der Waals surface area contributed by atoms with Gasteiger partial charge in [-0.2, -0.15) is 0 Å². The zero-order valence-electron chi connectivity index (χ0n) is 12.8. The molecule has 0 saturated heterocycles. The second kappa shape index (κ2) is 7.26. The highest BCUT2D eigenvalue weighted by molar-refractivity contribution is 6.30. The van der Waals surface area contributed by atoms with Crippen LogP contribution in [0.4, 0.5) is 0 Å². The number of rotatable bonds is 6. The predicted octanol–water partition coefficient (Wildman–Crippen LogP) is 2.34. The maximum atomic E-state index is 12.1. The molecule has 1 heterocycles. The average Bonchev–Trinajstić information content (AvgIpc) is 2.95. The van der Waals surface area contributed by atoms with Crippen LogP contribution in [0, 0.1) is 6.92 Å². The molecule has 118 valence electrons. The Morgan fingerprint density at radius 3 is 2.95 bits per heavy atom. The molecule has 1 N–H and O–H groups in total. The van der Waals surface area contributed by atoms with Gasteiger partial charge < -0.3 is 14.6 Å². The summed E-state index contributed by atoms with van der Waals surface area (Å²) in [6.07, 6.45) is 1.02. The second-order valence-electron chi connectivity index (χ2n) is 4.92. The van der Waals surface area contributed by atoms with Gasteiger partial charge in [0.15, 0.2) is 11.9 Å². The number of benzene rings is 1. The molecular formula is C15H19ClN4O2. The van der Waals surface area contributed by atoms with Gasteiger partial charge in [-0.25, -0.2) is 0 Å². The predicted molar refractivity (Wildman–Crippen MR) is 83.8 cm³/mol. The van der Waals surface area contributed by atoms with Gasteiger partial charge in [-0.3, -0.25) is 4.79 Å². The van der Waals surface area contributed by atoms with E-state index >= 15 is 0 Å². The Morgan fingerprint density at radius 2 is 2.27 bits per heavy atom. The van der Waals surface area contributed by atoms with Crippen LogP contribution < -0.4 is 10.1 Å². The van der Waals surface area contributed by atoms with Crippen LogP contribution in [0.1, 0.15) is 25.2 Å². The van der Waals surface area contributed by atoms with Crippen LogP contribution >= 0.6 is 11.6 Å². The van der Waals surface area contributed by atoms with Crippen molar-refractivity contribution >= 4 is 17.5 Å². The number of halogens is 1. The molecule has 1 atom stereocenters. The molecule has 6 nitrogen and oxygen atoms in total. The quantitative estimate of drug-likeness (QED) is 0.886. The summed E-state index contributed by atoms with van der Waals surface area (Å²) in [7, 11) is 0. The van der Waals surface area contributed by atoms with Crippen molar-refractivity contribution in [3.8, 4) is 5.75 Å². The number of ether oxygens (including phenoxy) is 1. The van der Waals surface area contributed by atoms with Crippen LogP contribution in [0.15, 0.2) is 24.5 Å². The van der Waals surface area contributed by atoms with E-state index in [1.165, 1.54) is 0 Å².